The molecule has 4 nitrogen and oxygen atoms in total. The quantitative estimate of drug-likeness (QED) is 0.228. The van der Waals surface area contributed by atoms with Gasteiger partial charge in [-0.2, -0.15) is 0 Å². The number of carbonyl (C=O) groups is 1. The van der Waals surface area contributed by atoms with Crippen molar-refractivity contribution in [3.8, 4) is 0 Å². The van der Waals surface area contributed by atoms with Crippen LogP contribution in [-0.4, -0.2) is 31.6 Å². The Bertz CT molecular complexity index is 1120. The minimum absolute atomic E-state index is 0.0409. The fourth-order valence-electron chi connectivity index (χ4n) is 8.28. The fourth-order valence-corrected chi connectivity index (χ4v) is 9.66. The van der Waals surface area contributed by atoms with E-state index >= 15 is 0 Å². The predicted molar refractivity (Wildman–Crippen MR) is 164 cm³/mol. The van der Waals surface area contributed by atoms with Gasteiger partial charge in [0.25, 0.3) is 0 Å². The predicted octanol–water partition coefficient (Wildman–Crippen LogP) is 8.18. The van der Waals surface area contributed by atoms with Gasteiger partial charge in [-0.25, -0.2) is 0 Å². The van der Waals surface area contributed by atoms with Crippen LogP contribution < -0.4 is 0 Å². The normalized spacial score (nSPS) is 39.8. The van der Waals surface area contributed by atoms with E-state index in [1.165, 1.54) is 0 Å². The van der Waals surface area contributed by atoms with Crippen molar-refractivity contribution in [2.75, 3.05) is 0 Å². The van der Waals surface area contributed by atoms with Crippen LogP contribution in [0, 0.1) is 35.5 Å². The molecule has 3 aliphatic carbocycles. The Kier molecular flexibility index (Phi) is 8.33. The van der Waals surface area contributed by atoms with E-state index in [1.54, 1.807) is 0 Å². The Morgan fingerprint density at radius 1 is 1.05 bits per heavy atom. The topological polar surface area (TPSA) is 55.8 Å². The van der Waals surface area contributed by atoms with Crippen LogP contribution in [0.15, 0.2) is 54.1 Å². The van der Waals surface area contributed by atoms with Gasteiger partial charge in [0, 0.05) is 18.4 Å². The first-order chi connectivity index (χ1) is 18.8. The number of hydrogen-bond acceptors (Lipinski definition) is 4. The smallest absolute Gasteiger partial charge is 0.306 e. The molecule has 0 unspecified atom stereocenters. The summed E-state index contributed by atoms with van der Waals surface area (Å²) in [7, 11) is -1.86. The highest BCUT2D eigenvalue weighted by atomic mass is 28.4. The Balaban J connectivity index is 1.50. The minimum Gasteiger partial charge on any atom is -0.462 e. The van der Waals surface area contributed by atoms with E-state index in [4.69, 9.17) is 9.16 Å². The first-order valence-corrected chi connectivity index (χ1v) is 18.8. The lowest BCUT2D eigenvalue weighted by Gasteiger charge is -2.39. The number of benzene rings is 1. The van der Waals surface area contributed by atoms with Crippen LogP contribution in [0.1, 0.15) is 85.1 Å². The van der Waals surface area contributed by atoms with Gasteiger partial charge in [0.15, 0.2) is 8.32 Å². The van der Waals surface area contributed by atoms with Gasteiger partial charge in [0.05, 0.1) is 0 Å². The SMILES string of the molecule is CC[C@@H]1CC/C=C(\C)[C@@](O)(c2ccccc2)[C@@H]2C[C@@H]3[C@@H](C=C[C@@H]4C[C@@H](O[Si](C)(C)C(C)(C)C)C[C@@H]34)[C@@H]2CC(=O)O1. The maximum absolute atomic E-state index is 13.4. The molecule has 5 heteroatoms. The molecule has 1 aromatic carbocycles. The minimum atomic E-state index is -1.86. The second kappa shape index (κ2) is 11.2. The van der Waals surface area contributed by atoms with Crippen molar-refractivity contribution in [1.82, 2.24) is 0 Å². The van der Waals surface area contributed by atoms with Gasteiger partial charge >= 0.3 is 5.97 Å². The number of esters is 1. The molecule has 1 aliphatic heterocycles. The van der Waals surface area contributed by atoms with E-state index in [9.17, 15) is 9.90 Å². The number of aliphatic hydroxyl groups is 1. The van der Waals surface area contributed by atoms with E-state index in [0.29, 0.717) is 30.3 Å². The van der Waals surface area contributed by atoms with Crippen LogP contribution in [0.5, 0.6) is 0 Å². The molecule has 0 spiro atoms. The van der Waals surface area contributed by atoms with E-state index in [0.717, 1.165) is 49.7 Å². The van der Waals surface area contributed by atoms with Crippen molar-refractivity contribution < 1.29 is 19.1 Å². The summed E-state index contributed by atoms with van der Waals surface area (Å²) in [5.41, 5.74) is 0.861. The molecule has 0 bridgehead atoms. The largest absolute Gasteiger partial charge is 0.462 e. The summed E-state index contributed by atoms with van der Waals surface area (Å²) in [6.07, 6.45) is 13.2. The highest BCUT2D eigenvalue weighted by Crippen LogP contribution is 2.61. The second-order valence-corrected chi connectivity index (χ2v) is 19.5. The van der Waals surface area contributed by atoms with E-state index in [2.05, 4.69) is 78.1 Å². The van der Waals surface area contributed by atoms with Crippen LogP contribution in [0.4, 0.5) is 0 Å². The second-order valence-electron chi connectivity index (χ2n) is 14.8. The number of fused-ring (bicyclic) bond motifs is 5. The van der Waals surface area contributed by atoms with Crippen molar-refractivity contribution in [2.45, 2.75) is 116 Å². The molecule has 1 N–H and O–H groups in total. The molecule has 2 fully saturated rings. The van der Waals surface area contributed by atoms with Crippen LogP contribution in [0.3, 0.4) is 0 Å². The monoisotopic (exact) mass is 564 g/mol. The molecule has 0 radical (unpaired) electrons. The Labute approximate surface area is 243 Å². The number of cyclic esters (lactones) is 1. The molecule has 220 valence electrons. The molecular weight excluding hydrogens is 512 g/mol. The van der Waals surface area contributed by atoms with Gasteiger partial charge in [0.1, 0.15) is 11.7 Å². The Hall–Kier alpha value is -1.69. The van der Waals surface area contributed by atoms with E-state index < -0.39 is 13.9 Å². The molecule has 0 amide bonds. The molecule has 0 aromatic heterocycles. The van der Waals surface area contributed by atoms with Gasteiger partial charge in [-0.1, -0.05) is 76.3 Å². The van der Waals surface area contributed by atoms with Crippen LogP contribution in [0.25, 0.3) is 0 Å². The van der Waals surface area contributed by atoms with Gasteiger partial charge in [-0.15, -0.1) is 0 Å². The molecule has 5 rings (SSSR count). The first kappa shape index (κ1) is 29.8. The third kappa shape index (κ3) is 5.43. The van der Waals surface area contributed by atoms with Crippen molar-refractivity contribution in [3.63, 3.8) is 0 Å². The summed E-state index contributed by atoms with van der Waals surface area (Å²) in [5.74, 6) is 1.67. The maximum Gasteiger partial charge on any atom is 0.306 e. The number of rotatable bonds is 4. The van der Waals surface area contributed by atoms with Crippen molar-refractivity contribution >= 4 is 14.3 Å². The van der Waals surface area contributed by atoms with E-state index in [-0.39, 0.29) is 34.9 Å². The highest BCUT2D eigenvalue weighted by Gasteiger charge is 2.58. The first-order valence-electron chi connectivity index (χ1n) is 15.9. The summed E-state index contributed by atoms with van der Waals surface area (Å²) < 4.78 is 13.0. The zero-order chi connectivity index (χ0) is 28.9. The van der Waals surface area contributed by atoms with E-state index in [1.807, 2.05) is 18.2 Å². The number of hydrogen-bond donors (Lipinski definition) is 1. The number of ether oxygens (including phenoxy) is 1. The average molecular weight is 565 g/mol. The molecule has 2 saturated carbocycles. The maximum atomic E-state index is 13.4. The van der Waals surface area contributed by atoms with Crippen LogP contribution in [-0.2, 0) is 19.6 Å². The van der Waals surface area contributed by atoms with Crippen molar-refractivity contribution in [3.05, 3.63) is 59.7 Å². The van der Waals surface area contributed by atoms with Gasteiger partial charge in [-0.3, -0.25) is 4.79 Å². The molecule has 4 aliphatic rings. The summed E-state index contributed by atoms with van der Waals surface area (Å²) in [4.78, 5) is 13.4. The lowest BCUT2D eigenvalue weighted by molar-refractivity contribution is -0.152. The summed E-state index contributed by atoms with van der Waals surface area (Å²) in [6.45, 7) is 15.9. The number of allylic oxidation sites excluding steroid dienone is 3. The highest BCUT2D eigenvalue weighted by molar-refractivity contribution is 6.74. The van der Waals surface area contributed by atoms with Crippen LogP contribution >= 0.6 is 0 Å². The fraction of sp³-hybridized carbons (Fsp3) is 0.686. The molecule has 9 atom stereocenters. The van der Waals surface area contributed by atoms with Gasteiger partial charge < -0.3 is 14.3 Å². The average Bonchev–Trinajstić information content (AvgIpc) is 3.47. The summed E-state index contributed by atoms with van der Waals surface area (Å²) >= 11 is 0. The number of carbonyl (C=O) groups excluding carboxylic acids is 1. The standard InChI is InChI=1S/C35H52O4Si/c1-8-26-16-12-13-23(2)35(37,25-14-10-9-11-15-25)32-21-30-28(31(32)22-33(36)38-26)18-17-24-19-27(20-29(24)30)39-40(6,7)34(3,4)5/h9-11,13-15,17-18,24,26-32,37H,8,12,16,19-22H2,1-7H3/b23-13+/t24-,26-,27-,28-,29-,30-,31+,32-,35-/m1/s1. The van der Waals surface area contributed by atoms with Crippen LogP contribution in [0.2, 0.25) is 18.1 Å². The Morgan fingerprint density at radius 3 is 2.45 bits per heavy atom. The molecule has 1 aromatic rings. The lowest BCUT2D eigenvalue weighted by Crippen LogP contribution is -2.43. The zero-order valence-electron chi connectivity index (χ0n) is 25.9. The lowest BCUT2D eigenvalue weighted by atomic mass is 9.69. The summed E-state index contributed by atoms with van der Waals surface area (Å²) in [6, 6.07) is 10.2. The molecule has 0 saturated heterocycles. The van der Waals surface area contributed by atoms with Crippen molar-refractivity contribution in [2.24, 2.45) is 35.5 Å². The third-order valence-electron chi connectivity index (χ3n) is 11.5. The molecular formula is C35H52O4Si. The molecule has 1 heterocycles. The third-order valence-corrected chi connectivity index (χ3v) is 16.0. The summed E-state index contributed by atoms with van der Waals surface area (Å²) in [5, 5.41) is 13.0. The molecule has 40 heavy (non-hydrogen) atoms. The van der Waals surface area contributed by atoms with Gasteiger partial charge in [-0.05, 0) is 104 Å². The van der Waals surface area contributed by atoms with Crippen molar-refractivity contribution in [1.29, 1.82) is 0 Å². The van der Waals surface area contributed by atoms with Gasteiger partial charge in [0.2, 0.25) is 0 Å². The Morgan fingerprint density at radius 2 is 1.77 bits per heavy atom. The zero-order valence-corrected chi connectivity index (χ0v) is 26.9.